The van der Waals surface area contributed by atoms with Crippen LogP contribution < -0.4 is 0 Å². The first-order valence-electron chi connectivity index (χ1n) is 1.64. The van der Waals surface area contributed by atoms with E-state index in [4.69, 9.17) is 0 Å². The van der Waals surface area contributed by atoms with Crippen LogP contribution in [0.5, 0.6) is 0 Å². The molecule has 0 unspecified atom stereocenters. The summed E-state index contributed by atoms with van der Waals surface area (Å²) >= 11 is 0. The average Bonchev–Trinajstić information content (AvgIpc) is 1.61. The van der Waals surface area contributed by atoms with Crippen LogP contribution in [-0.4, -0.2) is 12.4 Å². The van der Waals surface area contributed by atoms with E-state index in [1.54, 1.807) is 0 Å². The highest BCUT2D eigenvalue weighted by atomic mass is 31.1. The molecule has 0 saturated carbocycles. The Balaban J connectivity index is 2.66. The topological polar surface area (TPSA) is 34.1 Å². The third-order valence-electron chi connectivity index (χ3n) is 0.338. The number of rotatable bonds is 3. The molecule has 0 aromatic carbocycles. The maximum atomic E-state index is 9.50. The molecule has 0 spiro atoms. The Morgan fingerprint density at radius 2 is 2.33 bits per heavy atom. The fraction of sp³-hybridized carbons (Fsp3) is 0.667. The minimum atomic E-state index is 0.0642. The zero-order chi connectivity index (χ0) is 4.83. The second-order valence-electron chi connectivity index (χ2n) is 0.808. The third-order valence-corrected chi connectivity index (χ3v) is 0.779. The van der Waals surface area contributed by atoms with Crippen LogP contribution in [0.3, 0.4) is 0 Å². The summed E-state index contributed by atoms with van der Waals surface area (Å²) in [5.74, 6) is 0. The van der Waals surface area contributed by atoms with E-state index in [9.17, 15) is 9.36 Å². The van der Waals surface area contributed by atoms with Gasteiger partial charge in [0.15, 0.2) is 8.46 Å². The zero-order valence-corrected chi connectivity index (χ0v) is 4.15. The normalized spacial score (nSPS) is 8.67. The molecular formula is C3H5O2P. The lowest BCUT2D eigenvalue weighted by atomic mass is 10.6. The van der Waals surface area contributed by atoms with E-state index in [-0.39, 0.29) is 8.46 Å². The molecule has 0 rings (SSSR count). The predicted octanol–water partition coefficient (Wildman–Crippen LogP) is 0.867. The van der Waals surface area contributed by atoms with Gasteiger partial charge < -0.3 is 4.79 Å². The highest BCUT2D eigenvalue weighted by molar-refractivity contribution is 7.23. The first-order chi connectivity index (χ1) is 2.91. The van der Waals surface area contributed by atoms with Crippen molar-refractivity contribution in [1.29, 1.82) is 0 Å². The average molecular weight is 104 g/mol. The van der Waals surface area contributed by atoms with Gasteiger partial charge in [-0.25, -0.2) is 0 Å². The van der Waals surface area contributed by atoms with Crippen LogP contribution in [0.25, 0.3) is 0 Å². The van der Waals surface area contributed by atoms with Crippen molar-refractivity contribution in [3.8, 4) is 0 Å². The van der Waals surface area contributed by atoms with Crippen LogP contribution in [0.2, 0.25) is 0 Å². The molecule has 6 heavy (non-hydrogen) atoms. The molecule has 0 atom stereocenters. The fourth-order valence-corrected chi connectivity index (χ4v) is 0.316. The number of carbonyl (C=O) groups is 1. The van der Waals surface area contributed by atoms with E-state index >= 15 is 0 Å². The van der Waals surface area contributed by atoms with Crippen LogP contribution in [0, 0.1) is 0 Å². The standard InChI is InChI=1S/C3H5O2P/c4-2-1-3-6-5/h2H,1,3H2. The maximum Gasteiger partial charge on any atom is 0.155 e. The molecule has 3 heteroatoms. The van der Waals surface area contributed by atoms with Crippen molar-refractivity contribution in [2.24, 2.45) is 0 Å². The van der Waals surface area contributed by atoms with Gasteiger partial charge in [-0.3, -0.25) is 4.57 Å². The van der Waals surface area contributed by atoms with Gasteiger partial charge in [0.2, 0.25) is 0 Å². The molecule has 0 radical (unpaired) electrons. The second kappa shape index (κ2) is 4.77. The Kier molecular flexibility index (Phi) is 4.59. The van der Waals surface area contributed by atoms with Crippen molar-refractivity contribution in [2.75, 3.05) is 6.16 Å². The molecule has 0 N–H and O–H groups in total. The van der Waals surface area contributed by atoms with Gasteiger partial charge in [-0.05, 0) is 0 Å². The molecule has 0 aliphatic heterocycles. The van der Waals surface area contributed by atoms with Crippen LogP contribution in [0.15, 0.2) is 0 Å². The summed E-state index contributed by atoms with van der Waals surface area (Å²) in [6.45, 7) is 0. The Labute approximate surface area is 37.8 Å². The minimum Gasteiger partial charge on any atom is -0.303 e. The van der Waals surface area contributed by atoms with E-state index in [0.717, 1.165) is 6.29 Å². The molecule has 0 aliphatic carbocycles. The van der Waals surface area contributed by atoms with Crippen molar-refractivity contribution < 1.29 is 9.36 Å². The van der Waals surface area contributed by atoms with Gasteiger partial charge in [0.05, 0.1) is 0 Å². The summed E-state index contributed by atoms with van der Waals surface area (Å²) in [5.41, 5.74) is 0. The number of aldehydes is 1. The van der Waals surface area contributed by atoms with Crippen molar-refractivity contribution in [1.82, 2.24) is 0 Å². The third kappa shape index (κ3) is 3.77. The fourth-order valence-electron chi connectivity index (χ4n) is 0.105. The maximum absolute atomic E-state index is 9.50. The monoisotopic (exact) mass is 104 g/mol. The Morgan fingerprint density at radius 1 is 1.67 bits per heavy atom. The van der Waals surface area contributed by atoms with Crippen molar-refractivity contribution >= 4 is 14.7 Å². The number of hydrogen-bond acceptors (Lipinski definition) is 2. The van der Waals surface area contributed by atoms with E-state index in [0.29, 0.717) is 12.6 Å². The van der Waals surface area contributed by atoms with Crippen LogP contribution >= 0.6 is 8.46 Å². The predicted molar refractivity (Wildman–Crippen MR) is 23.2 cm³/mol. The van der Waals surface area contributed by atoms with Gasteiger partial charge >= 0.3 is 0 Å². The Morgan fingerprint density at radius 3 is 2.50 bits per heavy atom. The SMILES string of the molecule is O=CCCP=O. The van der Waals surface area contributed by atoms with E-state index in [1.807, 2.05) is 0 Å². The van der Waals surface area contributed by atoms with Crippen LogP contribution in [-0.2, 0) is 9.36 Å². The first-order valence-corrected chi connectivity index (χ1v) is 2.64. The van der Waals surface area contributed by atoms with Gasteiger partial charge in [0.25, 0.3) is 0 Å². The van der Waals surface area contributed by atoms with Crippen LogP contribution in [0.4, 0.5) is 0 Å². The lowest BCUT2D eigenvalue weighted by molar-refractivity contribution is -0.107. The minimum absolute atomic E-state index is 0.0642. The van der Waals surface area contributed by atoms with E-state index in [2.05, 4.69) is 0 Å². The summed E-state index contributed by atoms with van der Waals surface area (Å²) in [6, 6.07) is 0. The molecule has 0 aromatic heterocycles. The van der Waals surface area contributed by atoms with Gasteiger partial charge in [-0.2, -0.15) is 0 Å². The van der Waals surface area contributed by atoms with E-state index < -0.39 is 0 Å². The molecule has 0 aromatic rings. The number of carbonyl (C=O) groups excluding carboxylic acids is 1. The van der Waals surface area contributed by atoms with Crippen molar-refractivity contribution in [3.63, 3.8) is 0 Å². The Bertz CT molecular complexity index is 44.8. The molecule has 0 bridgehead atoms. The lowest BCUT2D eigenvalue weighted by Gasteiger charge is -1.67. The van der Waals surface area contributed by atoms with Crippen molar-refractivity contribution in [2.45, 2.75) is 6.42 Å². The highest BCUT2D eigenvalue weighted by Gasteiger charge is 1.76. The molecule has 0 saturated heterocycles. The zero-order valence-electron chi connectivity index (χ0n) is 3.26. The van der Waals surface area contributed by atoms with Gasteiger partial charge in [0.1, 0.15) is 6.29 Å². The lowest BCUT2D eigenvalue weighted by Crippen LogP contribution is -1.70. The summed E-state index contributed by atoms with van der Waals surface area (Å²) in [4.78, 5) is 9.42. The van der Waals surface area contributed by atoms with Gasteiger partial charge in [-0.1, -0.05) is 0 Å². The summed E-state index contributed by atoms with van der Waals surface area (Å²) in [5, 5.41) is 0. The molecule has 2 nitrogen and oxygen atoms in total. The smallest absolute Gasteiger partial charge is 0.155 e. The molecule has 34 valence electrons. The van der Waals surface area contributed by atoms with Gasteiger partial charge in [0, 0.05) is 12.6 Å². The Hall–Kier alpha value is -0.230. The van der Waals surface area contributed by atoms with Crippen LogP contribution in [0.1, 0.15) is 6.42 Å². The van der Waals surface area contributed by atoms with Gasteiger partial charge in [-0.15, -0.1) is 0 Å². The first kappa shape index (κ1) is 5.77. The molecule has 0 fully saturated rings. The largest absolute Gasteiger partial charge is 0.303 e. The summed E-state index contributed by atoms with van der Waals surface area (Å²) in [6.07, 6.45) is 1.62. The second-order valence-corrected chi connectivity index (χ2v) is 1.51. The molecule has 0 amide bonds. The molecular weight excluding hydrogens is 99.0 g/mol. The summed E-state index contributed by atoms with van der Waals surface area (Å²) < 4.78 is 9.50. The molecule has 0 heterocycles. The van der Waals surface area contributed by atoms with Crippen molar-refractivity contribution in [3.05, 3.63) is 0 Å². The molecule has 0 aliphatic rings. The number of hydrogen-bond donors (Lipinski definition) is 0. The van der Waals surface area contributed by atoms with E-state index in [1.165, 1.54) is 0 Å². The highest BCUT2D eigenvalue weighted by Crippen LogP contribution is 1.89. The summed E-state index contributed by atoms with van der Waals surface area (Å²) in [7, 11) is 0.0642. The quantitative estimate of drug-likeness (QED) is 0.302.